The van der Waals surface area contributed by atoms with E-state index in [1.54, 1.807) is 0 Å². The Bertz CT molecular complexity index is 436. The summed E-state index contributed by atoms with van der Waals surface area (Å²) in [7, 11) is 0. The van der Waals surface area contributed by atoms with Gasteiger partial charge in [0.25, 0.3) is 0 Å². The van der Waals surface area contributed by atoms with Crippen molar-refractivity contribution in [2.75, 3.05) is 5.75 Å². The van der Waals surface area contributed by atoms with Crippen LogP contribution in [0, 0.1) is 17.2 Å². The molecule has 2 rings (SSSR count). The SMILES string of the molecule is CCC(C#N)C(N)c1ccc2c(c1)CCCS2. The smallest absolute Gasteiger partial charge is 0.0675 e. The van der Waals surface area contributed by atoms with Crippen LogP contribution in [-0.2, 0) is 6.42 Å². The molecular weight excluding hydrogens is 228 g/mol. The van der Waals surface area contributed by atoms with Crippen molar-refractivity contribution in [2.24, 2.45) is 11.7 Å². The van der Waals surface area contributed by atoms with Crippen LogP contribution in [0.15, 0.2) is 23.1 Å². The molecule has 0 spiro atoms. The fourth-order valence-corrected chi connectivity index (χ4v) is 3.26. The molecule has 90 valence electrons. The van der Waals surface area contributed by atoms with Crippen molar-refractivity contribution in [2.45, 2.75) is 37.1 Å². The summed E-state index contributed by atoms with van der Waals surface area (Å²) in [5.74, 6) is 1.14. The van der Waals surface area contributed by atoms with E-state index in [1.807, 2.05) is 18.7 Å². The summed E-state index contributed by atoms with van der Waals surface area (Å²) in [5, 5.41) is 9.06. The van der Waals surface area contributed by atoms with E-state index in [9.17, 15) is 0 Å². The van der Waals surface area contributed by atoms with Gasteiger partial charge in [0.1, 0.15) is 0 Å². The Morgan fingerprint density at radius 1 is 1.53 bits per heavy atom. The lowest BCUT2D eigenvalue weighted by atomic mass is 9.91. The molecule has 1 aromatic carbocycles. The first-order valence-electron chi connectivity index (χ1n) is 6.17. The second-order valence-corrected chi connectivity index (χ2v) is 5.63. The molecule has 3 heteroatoms. The van der Waals surface area contributed by atoms with Gasteiger partial charge >= 0.3 is 0 Å². The van der Waals surface area contributed by atoms with Gasteiger partial charge in [-0.05, 0) is 42.2 Å². The highest BCUT2D eigenvalue weighted by Gasteiger charge is 2.19. The lowest BCUT2D eigenvalue weighted by Gasteiger charge is -2.20. The highest BCUT2D eigenvalue weighted by atomic mass is 32.2. The lowest BCUT2D eigenvalue weighted by molar-refractivity contribution is 0.517. The Labute approximate surface area is 107 Å². The van der Waals surface area contributed by atoms with Gasteiger partial charge in [-0.1, -0.05) is 19.1 Å². The molecule has 0 saturated heterocycles. The van der Waals surface area contributed by atoms with Crippen LogP contribution in [0.3, 0.4) is 0 Å². The minimum Gasteiger partial charge on any atom is -0.323 e. The molecule has 0 amide bonds. The summed E-state index contributed by atoms with van der Waals surface area (Å²) in [4.78, 5) is 1.39. The van der Waals surface area contributed by atoms with Crippen LogP contribution in [0.2, 0.25) is 0 Å². The topological polar surface area (TPSA) is 49.8 Å². The number of rotatable bonds is 3. The van der Waals surface area contributed by atoms with Crippen molar-refractivity contribution < 1.29 is 0 Å². The summed E-state index contributed by atoms with van der Waals surface area (Å²) >= 11 is 1.92. The predicted octanol–water partition coefficient (Wildman–Crippen LogP) is 3.27. The largest absolute Gasteiger partial charge is 0.323 e. The van der Waals surface area contributed by atoms with Crippen molar-refractivity contribution in [3.05, 3.63) is 29.3 Å². The lowest BCUT2D eigenvalue weighted by Crippen LogP contribution is -2.20. The molecular formula is C14H18N2S. The first-order chi connectivity index (χ1) is 8.26. The molecule has 2 nitrogen and oxygen atoms in total. The molecule has 1 heterocycles. The van der Waals surface area contributed by atoms with Crippen LogP contribution in [0.1, 0.15) is 36.9 Å². The fraction of sp³-hybridized carbons (Fsp3) is 0.500. The van der Waals surface area contributed by atoms with Crippen LogP contribution in [0.5, 0.6) is 0 Å². The molecule has 0 aromatic heterocycles. The maximum atomic E-state index is 9.06. The highest BCUT2D eigenvalue weighted by Crippen LogP contribution is 2.32. The van der Waals surface area contributed by atoms with E-state index in [4.69, 9.17) is 11.0 Å². The van der Waals surface area contributed by atoms with Gasteiger partial charge in [-0.25, -0.2) is 0 Å². The maximum Gasteiger partial charge on any atom is 0.0675 e. The van der Waals surface area contributed by atoms with Crippen molar-refractivity contribution in [1.29, 1.82) is 5.26 Å². The number of nitrogens with zero attached hydrogens (tertiary/aromatic N) is 1. The Morgan fingerprint density at radius 3 is 3.06 bits per heavy atom. The van der Waals surface area contributed by atoms with Crippen LogP contribution < -0.4 is 5.73 Å². The molecule has 0 saturated carbocycles. The van der Waals surface area contributed by atoms with E-state index in [0.29, 0.717) is 0 Å². The van der Waals surface area contributed by atoms with Crippen LogP contribution in [-0.4, -0.2) is 5.75 Å². The Balaban J connectivity index is 2.25. The van der Waals surface area contributed by atoms with Crippen molar-refractivity contribution in [3.63, 3.8) is 0 Å². The van der Waals surface area contributed by atoms with E-state index in [-0.39, 0.29) is 12.0 Å². The van der Waals surface area contributed by atoms with Crippen LogP contribution >= 0.6 is 11.8 Å². The Morgan fingerprint density at radius 2 is 2.35 bits per heavy atom. The summed E-state index contributed by atoms with van der Waals surface area (Å²) in [6.45, 7) is 2.02. The number of aryl methyl sites for hydroxylation is 1. The normalized spacial score (nSPS) is 17.9. The van der Waals surface area contributed by atoms with Gasteiger partial charge in [-0.15, -0.1) is 11.8 Å². The fourth-order valence-electron chi connectivity index (χ4n) is 2.25. The molecule has 2 unspecified atom stereocenters. The van der Waals surface area contributed by atoms with E-state index in [1.165, 1.54) is 22.6 Å². The second-order valence-electron chi connectivity index (χ2n) is 4.49. The van der Waals surface area contributed by atoms with Gasteiger partial charge in [0.2, 0.25) is 0 Å². The zero-order valence-corrected chi connectivity index (χ0v) is 11.0. The number of benzene rings is 1. The molecule has 0 radical (unpaired) electrons. The Hall–Kier alpha value is -0.980. The summed E-state index contributed by atoms with van der Waals surface area (Å²) in [5.41, 5.74) is 8.68. The van der Waals surface area contributed by atoms with Crippen molar-refractivity contribution in [3.8, 4) is 6.07 Å². The number of thioether (sulfide) groups is 1. The van der Waals surface area contributed by atoms with Gasteiger partial charge in [0.05, 0.1) is 12.0 Å². The molecule has 2 N–H and O–H groups in total. The van der Waals surface area contributed by atoms with Gasteiger partial charge < -0.3 is 5.73 Å². The van der Waals surface area contributed by atoms with Crippen molar-refractivity contribution in [1.82, 2.24) is 0 Å². The minimum atomic E-state index is -0.151. The minimum absolute atomic E-state index is 0.0794. The summed E-state index contributed by atoms with van der Waals surface area (Å²) in [6, 6.07) is 8.60. The quantitative estimate of drug-likeness (QED) is 0.890. The zero-order valence-electron chi connectivity index (χ0n) is 10.1. The van der Waals surface area contributed by atoms with Crippen LogP contribution in [0.4, 0.5) is 0 Å². The number of hydrogen-bond donors (Lipinski definition) is 1. The summed E-state index contributed by atoms with van der Waals surface area (Å²) < 4.78 is 0. The predicted molar refractivity (Wildman–Crippen MR) is 71.8 cm³/mol. The Kier molecular flexibility index (Phi) is 4.09. The van der Waals surface area contributed by atoms with E-state index in [2.05, 4.69) is 24.3 Å². The molecule has 17 heavy (non-hydrogen) atoms. The highest BCUT2D eigenvalue weighted by molar-refractivity contribution is 7.99. The zero-order chi connectivity index (χ0) is 12.3. The summed E-state index contributed by atoms with van der Waals surface area (Å²) in [6.07, 6.45) is 3.20. The van der Waals surface area contributed by atoms with Crippen molar-refractivity contribution >= 4 is 11.8 Å². The molecule has 1 aromatic rings. The molecule has 0 fully saturated rings. The number of fused-ring (bicyclic) bond motifs is 1. The van der Waals surface area contributed by atoms with Gasteiger partial charge in [0, 0.05) is 10.9 Å². The van der Waals surface area contributed by atoms with E-state index >= 15 is 0 Å². The number of hydrogen-bond acceptors (Lipinski definition) is 3. The molecule has 0 aliphatic carbocycles. The van der Waals surface area contributed by atoms with Gasteiger partial charge in [-0.3, -0.25) is 0 Å². The van der Waals surface area contributed by atoms with E-state index in [0.717, 1.165) is 18.4 Å². The van der Waals surface area contributed by atoms with Crippen LogP contribution in [0.25, 0.3) is 0 Å². The van der Waals surface area contributed by atoms with Gasteiger partial charge in [0.15, 0.2) is 0 Å². The number of nitriles is 1. The monoisotopic (exact) mass is 246 g/mol. The second kappa shape index (κ2) is 5.57. The standard InChI is InChI=1S/C14H18N2S/c1-2-10(9-15)14(16)12-5-6-13-11(8-12)4-3-7-17-13/h5-6,8,10,14H,2-4,7,16H2,1H3. The third-order valence-electron chi connectivity index (χ3n) is 3.36. The third-order valence-corrected chi connectivity index (χ3v) is 4.56. The maximum absolute atomic E-state index is 9.06. The molecule has 1 aliphatic heterocycles. The average molecular weight is 246 g/mol. The number of nitrogens with two attached hydrogens (primary N) is 1. The first kappa shape index (κ1) is 12.5. The van der Waals surface area contributed by atoms with Gasteiger partial charge in [-0.2, -0.15) is 5.26 Å². The third kappa shape index (κ3) is 2.65. The molecule has 1 aliphatic rings. The molecule has 0 bridgehead atoms. The average Bonchev–Trinajstić information content (AvgIpc) is 2.39. The molecule has 2 atom stereocenters. The van der Waals surface area contributed by atoms with E-state index < -0.39 is 0 Å². The first-order valence-corrected chi connectivity index (χ1v) is 7.15.